The number of nitrogens with one attached hydrogen (secondary N) is 3. The fraction of sp³-hybridized carbons (Fsp3) is 0.581. The zero-order valence-corrected chi connectivity index (χ0v) is 24.3. The van der Waals surface area contributed by atoms with E-state index in [1.54, 1.807) is 4.90 Å². The summed E-state index contributed by atoms with van der Waals surface area (Å²) in [5, 5.41) is 21.5. The van der Waals surface area contributed by atoms with Crippen LogP contribution in [0.3, 0.4) is 0 Å². The van der Waals surface area contributed by atoms with E-state index in [2.05, 4.69) is 36.7 Å². The van der Waals surface area contributed by atoms with Crippen LogP contribution in [0.25, 0.3) is 10.8 Å². The van der Waals surface area contributed by atoms with E-state index in [1.165, 1.54) is 0 Å². The molecule has 0 aliphatic carbocycles. The Bertz CT molecular complexity index is 1150. The van der Waals surface area contributed by atoms with Crippen LogP contribution in [-0.4, -0.2) is 72.1 Å². The molecule has 3 amide bonds. The van der Waals surface area contributed by atoms with Gasteiger partial charge in [0, 0.05) is 38.0 Å². The van der Waals surface area contributed by atoms with Crippen molar-refractivity contribution in [2.45, 2.75) is 79.0 Å². The van der Waals surface area contributed by atoms with E-state index in [4.69, 9.17) is 0 Å². The van der Waals surface area contributed by atoms with Gasteiger partial charge in [-0.3, -0.25) is 14.4 Å². The highest BCUT2D eigenvalue weighted by Gasteiger charge is 2.39. The molecule has 2 aromatic carbocycles. The standard InChI is InChI=1S/C31H46N4O4/c1-30(2,3)20-32-18-24(36)19-33-27(37)25(17-21-13-14-22-10-7-8-11-23(22)16-21)34-28(38)26-12-9-15-35(26)29(39)31(4,5)6/h7-8,10-11,13-14,16,24-26,32,36H,9,12,15,17-20H2,1-6H3,(H,33,37)(H,34,38)/t24?,25-,26+/m1/s1. The number of carbonyl (C=O) groups is 3. The summed E-state index contributed by atoms with van der Waals surface area (Å²) in [6, 6.07) is 12.5. The molecule has 0 spiro atoms. The molecule has 1 heterocycles. The van der Waals surface area contributed by atoms with E-state index in [9.17, 15) is 19.5 Å². The van der Waals surface area contributed by atoms with Crippen LogP contribution in [0.15, 0.2) is 42.5 Å². The van der Waals surface area contributed by atoms with Crippen molar-refractivity contribution in [1.82, 2.24) is 20.9 Å². The van der Waals surface area contributed by atoms with Gasteiger partial charge in [-0.05, 0) is 34.6 Å². The summed E-state index contributed by atoms with van der Waals surface area (Å²) >= 11 is 0. The Hall–Kier alpha value is -2.97. The van der Waals surface area contributed by atoms with Crippen LogP contribution >= 0.6 is 0 Å². The minimum Gasteiger partial charge on any atom is -0.390 e. The SMILES string of the molecule is CC(C)(C)CNCC(O)CNC(=O)[C@@H](Cc1ccc2ccccc2c1)NC(=O)[C@@H]1CCCN1C(=O)C(C)(C)C. The fourth-order valence-corrected chi connectivity index (χ4v) is 4.82. The molecular weight excluding hydrogens is 492 g/mol. The molecule has 8 heteroatoms. The third-order valence-electron chi connectivity index (χ3n) is 6.89. The molecule has 0 bridgehead atoms. The van der Waals surface area contributed by atoms with Crippen LogP contribution < -0.4 is 16.0 Å². The lowest BCUT2D eigenvalue weighted by Crippen LogP contribution is -2.55. The number of hydrogen-bond donors (Lipinski definition) is 4. The van der Waals surface area contributed by atoms with Crippen LogP contribution in [0.1, 0.15) is 59.9 Å². The summed E-state index contributed by atoms with van der Waals surface area (Å²) < 4.78 is 0. The van der Waals surface area contributed by atoms with Gasteiger partial charge in [0.2, 0.25) is 17.7 Å². The molecule has 0 radical (unpaired) electrons. The van der Waals surface area contributed by atoms with Gasteiger partial charge in [-0.1, -0.05) is 84.0 Å². The van der Waals surface area contributed by atoms with Gasteiger partial charge in [-0.25, -0.2) is 0 Å². The second kappa shape index (κ2) is 12.9. The van der Waals surface area contributed by atoms with E-state index >= 15 is 0 Å². The molecule has 4 N–H and O–H groups in total. The average Bonchev–Trinajstić information content (AvgIpc) is 3.35. The van der Waals surface area contributed by atoms with E-state index in [0.717, 1.165) is 29.3 Å². The largest absolute Gasteiger partial charge is 0.390 e. The summed E-state index contributed by atoms with van der Waals surface area (Å²) in [6.45, 7) is 13.6. The smallest absolute Gasteiger partial charge is 0.243 e. The zero-order chi connectivity index (χ0) is 28.8. The summed E-state index contributed by atoms with van der Waals surface area (Å²) in [6.07, 6.45) is 0.842. The van der Waals surface area contributed by atoms with Gasteiger partial charge >= 0.3 is 0 Å². The normalized spacial score (nSPS) is 17.6. The van der Waals surface area contributed by atoms with Gasteiger partial charge in [0.25, 0.3) is 0 Å². The van der Waals surface area contributed by atoms with E-state index in [-0.39, 0.29) is 29.7 Å². The van der Waals surface area contributed by atoms with E-state index < -0.39 is 23.6 Å². The topological polar surface area (TPSA) is 111 Å². The molecule has 0 saturated carbocycles. The molecule has 1 unspecified atom stereocenters. The summed E-state index contributed by atoms with van der Waals surface area (Å²) in [7, 11) is 0. The van der Waals surface area contributed by atoms with Gasteiger partial charge in [-0.15, -0.1) is 0 Å². The van der Waals surface area contributed by atoms with Gasteiger partial charge < -0.3 is 26.0 Å². The number of rotatable bonds is 10. The van der Waals surface area contributed by atoms with Crippen LogP contribution in [-0.2, 0) is 20.8 Å². The Kier molecular flexibility index (Phi) is 10.1. The van der Waals surface area contributed by atoms with Gasteiger partial charge in [0.05, 0.1) is 6.10 Å². The number of aliphatic hydroxyl groups excluding tert-OH is 1. The number of fused-ring (bicyclic) bond motifs is 1. The molecule has 8 nitrogen and oxygen atoms in total. The number of nitrogens with zero attached hydrogens (tertiary/aromatic N) is 1. The van der Waals surface area contributed by atoms with E-state index in [1.807, 2.05) is 63.2 Å². The Morgan fingerprint density at radius 3 is 2.36 bits per heavy atom. The van der Waals surface area contributed by atoms with Crippen molar-refractivity contribution in [2.75, 3.05) is 26.2 Å². The van der Waals surface area contributed by atoms with Gasteiger partial charge in [0.15, 0.2) is 0 Å². The van der Waals surface area contributed by atoms with Crippen molar-refractivity contribution in [2.24, 2.45) is 10.8 Å². The second-order valence-corrected chi connectivity index (χ2v) is 12.9. The van der Waals surface area contributed by atoms with Gasteiger partial charge in [-0.2, -0.15) is 0 Å². The minimum atomic E-state index is -0.847. The summed E-state index contributed by atoms with van der Waals surface area (Å²) in [5.74, 6) is -0.752. The molecule has 1 aliphatic rings. The minimum absolute atomic E-state index is 0.0676. The lowest BCUT2D eigenvalue weighted by Gasteiger charge is -2.31. The maximum atomic E-state index is 13.4. The molecule has 0 aromatic heterocycles. The maximum Gasteiger partial charge on any atom is 0.243 e. The molecule has 1 fully saturated rings. The third kappa shape index (κ3) is 9.04. The fourth-order valence-electron chi connectivity index (χ4n) is 4.82. The Balaban J connectivity index is 1.72. The molecule has 39 heavy (non-hydrogen) atoms. The monoisotopic (exact) mass is 538 g/mol. The number of carbonyl (C=O) groups excluding carboxylic acids is 3. The number of amides is 3. The Morgan fingerprint density at radius 2 is 1.69 bits per heavy atom. The lowest BCUT2D eigenvalue weighted by molar-refractivity contribution is -0.145. The quantitative estimate of drug-likeness (QED) is 0.372. The van der Waals surface area contributed by atoms with Crippen molar-refractivity contribution in [3.8, 4) is 0 Å². The highest BCUT2D eigenvalue weighted by atomic mass is 16.3. The van der Waals surface area contributed by atoms with Crippen molar-refractivity contribution in [3.63, 3.8) is 0 Å². The maximum absolute atomic E-state index is 13.4. The molecule has 1 saturated heterocycles. The molecule has 2 aromatic rings. The Labute approximate surface area is 232 Å². The van der Waals surface area contributed by atoms with Crippen LogP contribution in [0.4, 0.5) is 0 Å². The highest BCUT2D eigenvalue weighted by Crippen LogP contribution is 2.26. The lowest BCUT2D eigenvalue weighted by atomic mass is 9.94. The van der Waals surface area contributed by atoms with Gasteiger partial charge in [0.1, 0.15) is 12.1 Å². The van der Waals surface area contributed by atoms with Crippen molar-refractivity contribution >= 4 is 28.5 Å². The summed E-state index contributed by atoms with van der Waals surface area (Å²) in [4.78, 5) is 41.4. The van der Waals surface area contributed by atoms with Crippen molar-refractivity contribution in [3.05, 3.63) is 48.0 Å². The highest BCUT2D eigenvalue weighted by molar-refractivity contribution is 5.93. The first-order valence-electron chi connectivity index (χ1n) is 14.0. The molecular formula is C31H46N4O4. The Morgan fingerprint density at radius 1 is 1.00 bits per heavy atom. The summed E-state index contributed by atoms with van der Waals surface area (Å²) in [5.41, 5.74) is 0.401. The predicted molar refractivity (Wildman–Crippen MR) is 155 cm³/mol. The first-order chi connectivity index (χ1) is 18.2. The molecule has 1 aliphatic heterocycles. The third-order valence-corrected chi connectivity index (χ3v) is 6.89. The number of hydrogen-bond acceptors (Lipinski definition) is 5. The van der Waals surface area contributed by atoms with Crippen LogP contribution in [0.5, 0.6) is 0 Å². The first-order valence-corrected chi connectivity index (χ1v) is 14.0. The number of aliphatic hydroxyl groups is 1. The zero-order valence-electron chi connectivity index (χ0n) is 24.3. The predicted octanol–water partition coefficient (Wildman–Crippen LogP) is 3.02. The molecule has 3 atom stereocenters. The van der Waals surface area contributed by atoms with E-state index in [0.29, 0.717) is 25.9 Å². The number of benzene rings is 2. The van der Waals surface area contributed by atoms with Crippen molar-refractivity contribution in [1.29, 1.82) is 0 Å². The molecule has 214 valence electrons. The first kappa shape index (κ1) is 30.6. The van der Waals surface area contributed by atoms with Crippen molar-refractivity contribution < 1.29 is 19.5 Å². The molecule has 3 rings (SSSR count). The average molecular weight is 539 g/mol. The van der Waals surface area contributed by atoms with Crippen LogP contribution in [0.2, 0.25) is 0 Å². The second-order valence-electron chi connectivity index (χ2n) is 12.9. The number of likely N-dealkylation sites (tertiary alicyclic amines) is 1. The van der Waals surface area contributed by atoms with Crippen LogP contribution in [0, 0.1) is 10.8 Å².